The van der Waals surface area contributed by atoms with Gasteiger partial charge in [-0.15, -0.1) is 0 Å². The maximum absolute atomic E-state index is 5.67. The Morgan fingerprint density at radius 2 is 1.67 bits per heavy atom. The van der Waals surface area contributed by atoms with Crippen LogP contribution < -0.4 is 5.73 Å². The van der Waals surface area contributed by atoms with Crippen LogP contribution in [0.2, 0.25) is 0 Å². The maximum Gasteiger partial charge on any atom is 0.0192 e. The average Bonchev–Trinajstić information content (AvgIpc) is 2.26. The summed E-state index contributed by atoms with van der Waals surface area (Å²) >= 11 is 1.95. The highest BCUT2D eigenvalue weighted by atomic mass is 32.2. The van der Waals surface area contributed by atoms with Crippen molar-refractivity contribution in [2.24, 2.45) is 5.73 Å². The van der Waals surface area contributed by atoms with E-state index in [0.29, 0.717) is 5.25 Å². The van der Waals surface area contributed by atoms with E-state index in [0.717, 1.165) is 12.3 Å². The molecular weight excluding hydrogens is 238 g/mol. The van der Waals surface area contributed by atoms with Gasteiger partial charge in [-0.25, -0.2) is 0 Å². The largest absolute Gasteiger partial charge is 0.329 e. The molecule has 0 bridgehead atoms. The standard InChI is InChI=1S/C16H27NS/c1-11-7-14(16(4,5)6)8-12(2)15(11)10-18-13(3)9-17/h7-8,13H,9-10,17H2,1-6H3. The number of hydrogen-bond donors (Lipinski definition) is 1. The molecule has 0 heterocycles. The molecule has 0 spiro atoms. The Hall–Kier alpha value is -0.470. The van der Waals surface area contributed by atoms with Crippen LogP contribution in [0.5, 0.6) is 0 Å². The molecule has 1 aromatic carbocycles. The molecule has 1 nitrogen and oxygen atoms in total. The Bertz CT molecular complexity index is 381. The van der Waals surface area contributed by atoms with E-state index in [2.05, 4.69) is 53.7 Å². The van der Waals surface area contributed by atoms with E-state index in [1.807, 2.05) is 11.8 Å². The molecule has 0 aliphatic rings. The molecular formula is C16H27NS. The first kappa shape index (κ1) is 15.6. The Balaban J connectivity index is 2.95. The lowest BCUT2D eigenvalue weighted by Crippen LogP contribution is -2.14. The van der Waals surface area contributed by atoms with Crippen LogP contribution in [-0.2, 0) is 11.2 Å². The minimum absolute atomic E-state index is 0.228. The second-order valence-corrected chi connectivity index (χ2v) is 7.62. The van der Waals surface area contributed by atoms with E-state index in [4.69, 9.17) is 5.73 Å². The van der Waals surface area contributed by atoms with Crippen molar-refractivity contribution in [2.75, 3.05) is 6.54 Å². The van der Waals surface area contributed by atoms with Crippen LogP contribution in [0, 0.1) is 13.8 Å². The van der Waals surface area contributed by atoms with Crippen molar-refractivity contribution < 1.29 is 0 Å². The summed E-state index contributed by atoms with van der Waals surface area (Å²) in [5.41, 5.74) is 11.6. The molecule has 1 aromatic rings. The first-order chi connectivity index (χ1) is 8.25. The average molecular weight is 265 g/mol. The van der Waals surface area contributed by atoms with Gasteiger partial charge >= 0.3 is 0 Å². The Labute approximate surface area is 117 Å². The zero-order valence-electron chi connectivity index (χ0n) is 12.6. The zero-order valence-corrected chi connectivity index (χ0v) is 13.4. The van der Waals surface area contributed by atoms with Crippen molar-refractivity contribution in [3.8, 4) is 0 Å². The monoisotopic (exact) mass is 265 g/mol. The molecule has 0 radical (unpaired) electrons. The third kappa shape index (κ3) is 4.03. The van der Waals surface area contributed by atoms with Gasteiger partial charge in [0.05, 0.1) is 0 Å². The fraction of sp³-hybridized carbons (Fsp3) is 0.625. The van der Waals surface area contributed by atoms with Gasteiger partial charge in [0.1, 0.15) is 0 Å². The van der Waals surface area contributed by atoms with Gasteiger partial charge in [-0.2, -0.15) is 11.8 Å². The van der Waals surface area contributed by atoms with Crippen molar-refractivity contribution >= 4 is 11.8 Å². The highest BCUT2D eigenvalue weighted by molar-refractivity contribution is 7.99. The molecule has 2 N–H and O–H groups in total. The van der Waals surface area contributed by atoms with Crippen molar-refractivity contribution in [3.63, 3.8) is 0 Å². The topological polar surface area (TPSA) is 26.0 Å². The summed E-state index contributed by atoms with van der Waals surface area (Å²) in [6.45, 7) is 14.2. The van der Waals surface area contributed by atoms with Crippen molar-refractivity contribution in [3.05, 3.63) is 34.4 Å². The van der Waals surface area contributed by atoms with Gasteiger partial charge in [-0.05, 0) is 41.5 Å². The molecule has 0 fully saturated rings. The van der Waals surface area contributed by atoms with Crippen LogP contribution in [0.3, 0.4) is 0 Å². The second-order valence-electron chi connectivity index (χ2n) is 6.20. The minimum atomic E-state index is 0.228. The summed E-state index contributed by atoms with van der Waals surface area (Å²) in [4.78, 5) is 0. The molecule has 0 amide bonds. The summed E-state index contributed by atoms with van der Waals surface area (Å²) in [7, 11) is 0. The lowest BCUT2D eigenvalue weighted by atomic mass is 9.84. The molecule has 0 aromatic heterocycles. The minimum Gasteiger partial charge on any atom is -0.329 e. The van der Waals surface area contributed by atoms with Crippen molar-refractivity contribution in [1.29, 1.82) is 0 Å². The highest BCUT2D eigenvalue weighted by Crippen LogP contribution is 2.29. The molecule has 0 saturated carbocycles. The van der Waals surface area contributed by atoms with Crippen LogP contribution in [0.15, 0.2) is 12.1 Å². The molecule has 0 aliphatic carbocycles. The molecule has 18 heavy (non-hydrogen) atoms. The number of aryl methyl sites for hydroxylation is 2. The number of benzene rings is 1. The first-order valence-corrected chi connectivity index (χ1v) is 7.73. The predicted octanol–water partition coefficient (Wildman–Crippen LogP) is 4.18. The van der Waals surface area contributed by atoms with Gasteiger partial charge in [0.15, 0.2) is 0 Å². The fourth-order valence-electron chi connectivity index (χ4n) is 1.95. The van der Waals surface area contributed by atoms with Gasteiger partial charge < -0.3 is 5.73 Å². The smallest absolute Gasteiger partial charge is 0.0192 e. The van der Waals surface area contributed by atoms with E-state index >= 15 is 0 Å². The third-order valence-electron chi connectivity index (χ3n) is 3.41. The summed E-state index contributed by atoms with van der Waals surface area (Å²) in [5.74, 6) is 1.07. The summed E-state index contributed by atoms with van der Waals surface area (Å²) < 4.78 is 0. The predicted molar refractivity (Wildman–Crippen MR) is 84.4 cm³/mol. The number of hydrogen-bond acceptors (Lipinski definition) is 2. The van der Waals surface area contributed by atoms with Gasteiger partial charge in [0, 0.05) is 17.5 Å². The zero-order chi connectivity index (χ0) is 13.9. The molecule has 0 aliphatic heterocycles. The van der Waals surface area contributed by atoms with E-state index < -0.39 is 0 Å². The number of thioether (sulfide) groups is 1. The van der Waals surface area contributed by atoms with Crippen LogP contribution in [0.4, 0.5) is 0 Å². The summed E-state index contributed by atoms with van der Waals surface area (Å²) in [6, 6.07) is 4.69. The van der Waals surface area contributed by atoms with E-state index in [-0.39, 0.29) is 5.41 Å². The molecule has 2 heteroatoms. The normalized spacial score (nSPS) is 13.7. The lowest BCUT2D eigenvalue weighted by Gasteiger charge is -2.22. The van der Waals surface area contributed by atoms with Crippen LogP contribution in [0.25, 0.3) is 0 Å². The summed E-state index contributed by atoms with van der Waals surface area (Å²) in [5, 5.41) is 0.533. The summed E-state index contributed by atoms with van der Waals surface area (Å²) in [6.07, 6.45) is 0. The van der Waals surface area contributed by atoms with E-state index in [1.54, 1.807) is 0 Å². The third-order valence-corrected chi connectivity index (χ3v) is 4.62. The van der Waals surface area contributed by atoms with Gasteiger partial charge in [-0.3, -0.25) is 0 Å². The number of rotatable bonds is 4. The van der Waals surface area contributed by atoms with Gasteiger partial charge in [0.2, 0.25) is 0 Å². The van der Waals surface area contributed by atoms with Crippen molar-refractivity contribution in [2.45, 2.75) is 58.0 Å². The Morgan fingerprint density at radius 1 is 1.17 bits per heavy atom. The Morgan fingerprint density at radius 3 is 2.06 bits per heavy atom. The Kier molecular flexibility index (Phi) is 5.30. The quantitative estimate of drug-likeness (QED) is 0.883. The number of nitrogens with two attached hydrogens (primary N) is 1. The first-order valence-electron chi connectivity index (χ1n) is 6.68. The lowest BCUT2D eigenvalue weighted by molar-refractivity contribution is 0.589. The van der Waals surface area contributed by atoms with Crippen molar-refractivity contribution in [1.82, 2.24) is 0 Å². The van der Waals surface area contributed by atoms with Gasteiger partial charge in [0.25, 0.3) is 0 Å². The van der Waals surface area contributed by atoms with Crippen LogP contribution >= 0.6 is 11.8 Å². The maximum atomic E-state index is 5.67. The molecule has 1 rings (SSSR count). The molecule has 1 atom stereocenters. The molecule has 102 valence electrons. The second kappa shape index (κ2) is 6.12. The van der Waals surface area contributed by atoms with Crippen LogP contribution in [-0.4, -0.2) is 11.8 Å². The SMILES string of the molecule is Cc1cc(C(C)(C)C)cc(C)c1CSC(C)CN. The van der Waals surface area contributed by atoms with E-state index in [1.165, 1.54) is 22.3 Å². The van der Waals surface area contributed by atoms with Crippen LogP contribution in [0.1, 0.15) is 49.9 Å². The van der Waals surface area contributed by atoms with E-state index in [9.17, 15) is 0 Å². The van der Waals surface area contributed by atoms with Gasteiger partial charge in [-0.1, -0.05) is 39.8 Å². The molecule has 0 saturated heterocycles. The molecule has 1 unspecified atom stereocenters. The fourth-order valence-corrected chi connectivity index (χ4v) is 2.99. The highest BCUT2D eigenvalue weighted by Gasteiger charge is 2.16.